The number of hydroxylamine groups is 2. The highest BCUT2D eigenvalue weighted by Crippen LogP contribution is 2.21. The van der Waals surface area contributed by atoms with Crippen molar-refractivity contribution >= 4 is 35.0 Å². The lowest BCUT2D eigenvalue weighted by Gasteiger charge is -2.42. The van der Waals surface area contributed by atoms with Crippen LogP contribution in [0.5, 0.6) is 0 Å². The molecule has 3 amide bonds. The molecule has 2 heterocycles. The number of aromatic nitrogens is 1. The zero-order chi connectivity index (χ0) is 38.1. The van der Waals surface area contributed by atoms with Gasteiger partial charge in [0, 0.05) is 42.9 Å². The van der Waals surface area contributed by atoms with Gasteiger partial charge in [-0.05, 0) is 65.9 Å². The number of nitrogens with zero attached hydrogens (tertiary/aromatic N) is 3. The van der Waals surface area contributed by atoms with E-state index in [2.05, 4.69) is 34.8 Å². The molecule has 3 rings (SSSR count). The second-order valence-electron chi connectivity index (χ2n) is 16.3. The van der Waals surface area contributed by atoms with Gasteiger partial charge in [0.2, 0.25) is 17.7 Å². The first kappa shape index (κ1) is 42.0. The van der Waals surface area contributed by atoms with E-state index in [1.807, 2.05) is 75.2 Å². The minimum Gasteiger partial charge on any atom is -0.390 e. The summed E-state index contributed by atoms with van der Waals surface area (Å²) < 4.78 is 0. The summed E-state index contributed by atoms with van der Waals surface area (Å²) in [6.45, 7) is 19.8. The summed E-state index contributed by atoms with van der Waals surface area (Å²) in [7, 11) is 0. The number of nitrogens with one attached hydrogen (secondary N) is 3. The average Bonchev–Trinajstić information content (AvgIpc) is 3.51. The molecule has 51 heavy (non-hydrogen) atoms. The fourth-order valence-corrected chi connectivity index (χ4v) is 6.44. The Morgan fingerprint density at radius 1 is 1.00 bits per heavy atom. The molecule has 4 atom stereocenters. The molecule has 0 spiro atoms. The molecule has 284 valence electrons. The van der Waals surface area contributed by atoms with Crippen LogP contribution in [0.4, 0.5) is 0 Å². The van der Waals surface area contributed by atoms with E-state index in [9.17, 15) is 24.3 Å². The number of aliphatic hydroxyl groups excluding tert-OH is 1. The number of carbonyl (C=O) groups excluding carboxylic acids is 4. The Hall–Kier alpha value is -3.39. The first-order chi connectivity index (χ1) is 23.7. The van der Waals surface area contributed by atoms with E-state index in [4.69, 9.17) is 4.84 Å². The van der Waals surface area contributed by atoms with Crippen LogP contribution >= 0.6 is 11.3 Å². The van der Waals surface area contributed by atoms with Gasteiger partial charge in [-0.15, -0.1) is 16.4 Å². The van der Waals surface area contributed by atoms with Crippen molar-refractivity contribution in [2.75, 3.05) is 26.2 Å². The SMILES string of the molecule is CC(C)c1nc(CCC(=O)N[C@H](C(=O)N[C@@H](Cc2ccccc2)[C@H](O)CN2CCN(OC(=O)C(C)(C)C)CC2C(=O)NC(C)(C)C)C(C)C)cs1. The van der Waals surface area contributed by atoms with Crippen molar-refractivity contribution in [2.45, 2.75) is 124 Å². The van der Waals surface area contributed by atoms with E-state index in [1.54, 1.807) is 32.1 Å². The Bertz CT molecular complexity index is 1450. The van der Waals surface area contributed by atoms with Crippen molar-refractivity contribution in [1.29, 1.82) is 0 Å². The zero-order valence-corrected chi connectivity index (χ0v) is 32.9. The number of piperazine rings is 1. The molecule has 1 saturated heterocycles. The van der Waals surface area contributed by atoms with Gasteiger partial charge in [0.1, 0.15) is 12.1 Å². The minimum atomic E-state index is -1.08. The Balaban J connectivity index is 1.77. The smallest absolute Gasteiger partial charge is 0.330 e. The largest absolute Gasteiger partial charge is 0.390 e. The Morgan fingerprint density at radius 2 is 1.67 bits per heavy atom. The maximum Gasteiger partial charge on any atom is 0.330 e. The monoisotopic (exact) mass is 728 g/mol. The molecule has 0 aliphatic carbocycles. The molecule has 0 bridgehead atoms. The molecular formula is C38H60N6O6S. The maximum absolute atomic E-state index is 13.8. The van der Waals surface area contributed by atoms with E-state index in [0.717, 1.165) is 16.3 Å². The second-order valence-corrected chi connectivity index (χ2v) is 17.1. The normalized spacial score (nSPS) is 17.9. The molecule has 1 unspecified atom stereocenters. The summed E-state index contributed by atoms with van der Waals surface area (Å²) in [6, 6.07) is 7.27. The van der Waals surface area contributed by atoms with Gasteiger partial charge in [-0.25, -0.2) is 9.78 Å². The van der Waals surface area contributed by atoms with Gasteiger partial charge in [0.25, 0.3) is 0 Å². The third-order valence-electron chi connectivity index (χ3n) is 8.53. The molecular weight excluding hydrogens is 669 g/mol. The Morgan fingerprint density at radius 3 is 2.24 bits per heavy atom. The summed E-state index contributed by atoms with van der Waals surface area (Å²) >= 11 is 1.58. The highest BCUT2D eigenvalue weighted by molar-refractivity contribution is 7.09. The van der Waals surface area contributed by atoms with Crippen LogP contribution in [0.25, 0.3) is 0 Å². The molecule has 4 N–H and O–H groups in total. The van der Waals surface area contributed by atoms with Gasteiger partial charge < -0.3 is 25.9 Å². The zero-order valence-electron chi connectivity index (χ0n) is 32.1. The lowest BCUT2D eigenvalue weighted by atomic mass is 9.97. The number of hydrogen-bond donors (Lipinski definition) is 4. The number of carbonyl (C=O) groups is 4. The van der Waals surface area contributed by atoms with Crippen LogP contribution in [0.15, 0.2) is 35.7 Å². The summed E-state index contributed by atoms with van der Waals surface area (Å²) in [5.41, 5.74) is 0.546. The summed E-state index contributed by atoms with van der Waals surface area (Å²) in [4.78, 5) is 65.3. The highest BCUT2D eigenvalue weighted by atomic mass is 32.1. The fraction of sp³-hybridized carbons (Fsp3) is 0.658. The lowest BCUT2D eigenvalue weighted by Crippen LogP contribution is -2.64. The first-order valence-electron chi connectivity index (χ1n) is 18.0. The molecule has 0 radical (unpaired) electrons. The molecule has 13 heteroatoms. The number of thiazole rings is 1. The van der Waals surface area contributed by atoms with Gasteiger partial charge in [-0.1, -0.05) is 58.0 Å². The topological polar surface area (TPSA) is 153 Å². The van der Waals surface area contributed by atoms with Crippen LogP contribution in [-0.4, -0.2) is 99.7 Å². The van der Waals surface area contributed by atoms with Gasteiger partial charge in [0.15, 0.2) is 0 Å². The van der Waals surface area contributed by atoms with Crippen LogP contribution < -0.4 is 16.0 Å². The van der Waals surface area contributed by atoms with Gasteiger partial charge in [-0.2, -0.15) is 0 Å². The van der Waals surface area contributed by atoms with Crippen molar-refractivity contribution in [2.24, 2.45) is 11.3 Å². The fourth-order valence-electron chi connectivity index (χ4n) is 5.57. The Kier molecular flexibility index (Phi) is 15.2. The quantitative estimate of drug-likeness (QED) is 0.214. The number of benzene rings is 1. The molecule has 0 saturated carbocycles. The number of rotatable bonds is 15. The summed E-state index contributed by atoms with van der Waals surface area (Å²) in [5, 5.41) is 25.3. The van der Waals surface area contributed by atoms with Gasteiger partial charge in [-0.3, -0.25) is 19.3 Å². The first-order valence-corrected chi connectivity index (χ1v) is 18.9. The molecule has 1 aromatic heterocycles. The van der Waals surface area contributed by atoms with Crippen LogP contribution in [0.2, 0.25) is 0 Å². The lowest BCUT2D eigenvalue weighted by molar-refractivity contribution is -0.212. The predicted molar refractivity (Wildman–Crippen MR) is 200 cm³/mol. The van der Waals surface area contributed by atoms with E-state index in [0.29, 0.717) is 31.8 Å². The van der Waals surface area contributed by atoms with E-state index in [-0.39, 0.29) is 37.2 Å². The number of hydrogen-bond acceptors (Lipinski definition) is 10. The number of β-amino-alcohol motifs (C(OH)–C–C–N with tert-alkyl or cyclic N) is 1. The van der Waals surface area contributed by atoms with Crippen LogP contribution in [0.1, 0.15) is 97.8 Å². The standard InChI is InChI=1S/C38H60N6O6S/c1-24(2)32(41-31(46)17-16-27-23-51-35(39-27)25(3)4)34(48)40-28(20-26-14-12-11-13-15-26)30(45)22-43-18-19-44(50-36(49)37(5,6)7)21-29(43)33(47)42-38(8,9)10/h11-15,23-25,28-30,32,45H,16-22H2,1-10H3,(H,40,48)(H,41,46)(H,42,47)/t28-,29?,30+,32-/m0/s1. The third-order valence-corrected chi connectivity index (χ3v) is 9.72. The van der Waals surface area contributed by atoms with Crippen LogP contribution in [0.3, 0.4) is 0 Å². The maximum atomic E-state index is 13.8. The molecule has 2 aromatic rings. The second kappa shape index (κ2) is 18.4. The van der Waals surface area contributed by atoms with Crippen molar-refractivity contribution in [3.63, 3.8) is 0 Å². The van der Waals surface area contributed by atoms with E-state index in [1.165, 1.54) is 5.06 Å². The van der Waals surface area contributed by atoms with E-state index >= 15 is 0 Å². The predicted octanol–water partition coefficient (Wildman–Crippen LogP) is 3.83. The molecule has 1 aliphatic heterocycles. The Labute approximate surface area is 308 Å². The molecule has 1 aliphatic rings. The third kappa shape index (κ3) is 13.6. The minimum absolute atomic E-state index is 0.0752. The van der Waals surface area contributed by atoms with Crippen molar-refractivity contribution < 1.29 is 29.1 Å². The number of aryl methyl sites for hydroxylation is 1. The number of amides is 3. The summed E-state index contributed by atoms with van der Waals surface area (Å²) in [5.74, 6) is -1.19. The molecule has 1 fully saturated rings. The van der Waals surface area contributed by atoms with Crippen molar-refractivity contribution in [3.8, 4) is 0 Å². The summed E-state index contributed by atoms with van der Waals surface area (Å²) in [6.07, 6.45) is -0.0748. The molecule has 12 nitrogen and oxygen atoms in total. The highest BCUT2D eigenvalue weighted by Gasteiger charge is 2.39. The number of aliphatic hydroxyl groups is 1. The molecule has 1 aromatic carbocycles. The average molecular weight is 729 g/mol. The van der Waals surface area contributed by atoms with Crippen LogP contribution in [0, 0.1) is 11.3 Å². The van der Waals surface area contributed by atoms with Gasteiger partial charge >= 0.3 is 5.97 Å². The van der Waals surface area contributed by atoms with Gasteiger partial charge in [0.05, 0.1) is 34.8 Å². The van der Waals surface area contributed by atoms with E-state index < -0.39 is 47.1 Å². The van der Waals surface area contributed by atoms with Crippen molar-refractivity contribution in [3.05, 3.63) is 52.0 Å². The van der Waals surface area contributed by atoms with Crippen molar-refractivity contribution in [1.82, 2.24) is 30.9 Å². The van der Waals surface area contributed by atoms with Crippen LogP contribution in [-0.2, 0) is 36.9 Å².